The second-order valence-electron chi connectivity index (χ2n) is 7.26. The monoisotopic (exact) mass is 477 g/mol. The Morgan fingerprint density at radius 2 is 1.88 bits per heavy atom. The molecule has 2 aromatic carbocycles. The zero-order valence-corrected chi connectivity index (χ0v) is 19.5. The van der Waals surface area contributed by atoms with Crippen LogP contribution in [0.1, 0.15) is 32.0 Å². The number of thiazole rings is 1. The minimum absolute atomic E-state index is 0.192. The number of rotatable bonds is 8. The van der Waals surface area contributed by atoms with Crippen molar-refractivity contribution in [3.8, 4) is 11.5 Å². The molecule has 1 N–H and O–H groups in total. The lowest BCUT2D eigenvalue weighted by molar-refractivity contribution is 0.0946. The molecule has 34 heavy (non-hydrogen) atoms. The Labute approximate surface area is 200 Å². The van der Waals surface area contributed by atoms with Crippen molar-refractivity contribution in [2.75, 3.05) is 14.2 Å². The first-order valence-corrected chi connectivity index (χ1v) is 11.3. The summed E-state index contributed by atoms with van der Waals surface area (Å²) in [5.74, 6) is 1.11. The molecule has 0 aliphatic heterocycles. The largest absolute Gasteiger partial charge is 0.493 e. The summed E-state index contributed by atoms with van der Waals surface area (Å²) in [5, 5.41) is 4.70. The van der Waals surface area contributed by atoms with E-state index in [4.69, 9.17) is 13.9 Å². The number of aromatic nitrogens is 1. The third-order valence-corrected chi connectivity index (χ3v) is 5.83. The molecule has 9 heteroatoms. The Bertz CT molecular complexity index is 1350. The molecule has 4 rings (SSSR count). The Hall–Kier alpha value is -4.11. The average molecular weight is 478 g/mol. The third kappa shape index (κ3) is 5.44. The first-order chi connectivity index (χ1) is 16.6. The summed E-state index contributed by atoms with van der Waals surface area (Å²) in [6, 6.07) is 15.8. The van der Waals surface area contributed by atoms with E-state index >= 15 is 0 Å². The quantitative estimate of drug-likeness (QED) is 0.416. The minimum Gasteiger partial charge on any atom is -0.493 e. The second-order valence-corrected chi connectivity index (χ2v) is 8.14. The summed E-state index contributed by atoms with van der Waals surface area (Å²) < 4.78 is 17.6. The van der Waals surface area contributed by atoms with Gasteiger partial charge in [0.25, 0.3) is 11.8 Å². The van der Waals surface area contributed by atoms with Gasteiger partial charge in [0.15, 0.2) is 16.3 Å². The van der Waals surface area contributed by atoms with Gasteiger partial charge in [-0.15, -0.1) is 11.3 Å². The molecule has 0 atom stereocenters. The van der Waals surface area contributed by atoms with Crippen molar-refractivity contribution in [3.05, 3.63) is 99.7 Å². The number of methoxy groups -OCH3 is 2. The summed E-state index contributed by atoms with van der Waals surface area (Å²) in [4.78, 5) is 30.1. The van der Waals surface area contributed by atoms with Gasteiger partial charge in [0.2, 0.25) is 0 Å². The summed E-state index contributed by atoms with van der Waals surface area (Å²) in [6.07, 6.45) is 3.42. The number of nitrogens with zero attached hydrogens (tertiary/aromatic N) is 2. The highest BCUT2D eigenvalue weighted by atomic mass is 32.1. The van der Waals surface area contributed by atoms with Gasteiger partial charge in [-0.2, -0.15) is 4.99 Å². The van der Waals surface area contributed by atoms with Crippen LogP contribution in [-0.2, 0) is 13.1 Å². The molecule has 0 unspecified atom stereocenters. The molecule has 0 saturated heterocycles. The molecule has 174 valence electrons. The zero-order chi connectivity index (χ0) is 23.9. The zero-order valence-electron chi connectivity index (χ0n) is 18.7. The third-order valence-electron chi connectivity index (χ3n) is 5.03. The lowest BCUT2D eigenvalue weighted by Crippen LogP contribution is -2.23. The van der Waals surface area contributed by atoms with Crippen LogP contribution in [-0.4, -0.2) is 30.6 Å². The average Bonchev–Trinajstić information content (AvgIpc) is 3.54. The van der Waals surface area contributed by atoms with E-state index in [0.717, 1.165) is 5.56 Å². The van der Waals surface area contributed by atoms with E-state index in [1.54, 1.807) is 42.7 Å². The van der Waals surface area contributed by atoms with Gasteiger partial charge >= 0.3 is 0 Å². The van der Waals surface area contributed by atoms with E-state index in [2.05, 4.69) is 10.3 Å². The van der Waals surface area contributed by atoms with Gasteiger partial charge in [-0.3, -0.25) is 9.59 Å². The number of furan rings is 1. The summed E-state index contributed by atoms with van der Waals surface area (Å²) in [6.45, 7) is 0.775. The molecule has 0 bridgehead atoms. The van der Waals surface area contributed by atoms with Crippen LogP contribution in [0.5, 0.6) is 11.5 Å². The fourth-order valence-corrected chi connectivity index (χ4v) is 4.04. The smallest absolute Gasteiger partial charge is 0.279 e. The van der Waals surface area contributed by atoms with E-state index in [0.29, 0.717) is 46.3 Å². The fourth-order valence-electron chi connectivity index (χ4n) is 3.32. The molecular weight excluding hydrogens is 454 g/mol. The van der Waals surface area contributed by atoms with Crippen molar-refractivity contribution < 1.29 is 23.5 Å². The highest BCUT2D eigenvalue weighted by Crippen LogP contribution is 2.27. The van der Waals surface area contributed by atoms with Crippen molar-refractivity contribution in [1.82, 2.24) is 9.88 Å². The fraction of sp³-hybridized carbons (Fsp3) is 0.160. The molecular formula is C25H23N3O5S. The van der Waals surface area contributed by atoms with E-state index in [1.807, 2.05) is 34.3 Å². The minimum atomic E-state index is -0.386. The van der Waals surface area contributed by atoms with Crippen LogP contribution in [0.25, 0.3) is 0 Å². The number of amides is 2. The van der Waals surface area contributed by atoms with Crippen LogP contribution in [0.3, 0.4) is 0 Å². The van der Waals surface area contributed by atoms with E-state index < -0.39 is 0 Å². The highest BCUT2D eigenvalue weighted by Gasteiger charge is 2.11. The molecule has 2 aromatic heterocycles. The highest BCUT2D eigenvalue weighted by molar-refractivity contribution is 7.07. The van der Waals surface area contributed by atoms with E-state index in [9.17, 15) is 9.59 Å². The number of ether oxygens (including phenoxy) is 2. The standard InChI is InChI=1S/C25H23N3O5S/c1-31-21-9-8-19(14-22(21)32-2)24(30)27-25-28(10-12-34-25)16-17-5-3-6-18(13-17)23(29)26-15-20-7-4-11-33-20/h3-14H,15-16H2,1-2H3,(H,26,29). The van der Waals surface area contributed by atoms with Crippen molar-refractivity contribution in [3.63, 3.8) is 0 Å². The van der Waals surface area contributed by atoms with Gasteiger partial charge in [-0.25, -0.2) is 0 Å². The van der Waals surface area contributed by atoms with Crippen LogP contribution in [0.2, 0.25) is 0 Å². The lowest BCUT2D eigenvalue weighted by atomic mass is 10.1. The van der Waals surface area contributed by atoms with Gasteiger partial charge in [0.1, 0.15) is 5.76 Å². The Morgan fingerprint density at radius 1 is 1.03 bits per heavy atom. The molecule has 4 aromatic rings. The summed E-state index contributed by atoms with van der Waals surface area (Å²) in [7, 11) is 3.05. The van der Waals surface area contributed by atoms with Gasteiger partial charge in [-0.1, -0.05) is 12.1 Å². The van der Waals surface area contributed by atoms with Crippen LogP contribution in [0.15, 0.2) is 81.8 Å². The number of carbonyl (C=O) groups excluding carboxylic acids is 2. The Balaban J connectivity index is 1.50. The molecule has 2 heterocycles. The van der Waals surface area contributed by atoms with Crippen molar-refractivity contribution >= 4 is 23.2 Å². The van der Waals surface area contributed by atoms with Crippen molar-refractivity contribution in [1.29, 1.82) is 0 Å². The molecule has 0 aliphatic rings. The maximum atomic E-state index is 12.8. The topological polar surface area (TPSA) is 95.1 Å². The molecule has 0 radical (unpaired) electrons. The Kier molecular flexibility index (Phi) is 7.24. The SMILES string of the molecule is COc1ccc(C(=O)N=c2sccn2Cc2cccc(C(=O)NCc3ccco3)c2)cc1OC. The maximum Gasteiger partial charge on any atom is 0.279 e. The predicted molar refractivity (Wildman–Crippen MR) is 127 cm³/mol. The molecule has 0 spiro atoms. The Morgan fingerprint density at radius 3 is 2.65 bits per heavy atom. The van der Waals surface area contributed by atoms with Crippen molar-refractivity contribution in [2.45, 2.75) is 13.1 Å². The van der Waals surface area contributed by atoms with E-state index in [1.165, 1.54) is 25.6 Å². The first kappa shape index (κ1) is 23.1. The van der Waals surface area contributed by atoms with Crippen LogP contribution >= 0.6 is 11.3 Å². The van der Waals surface area contributed by atoms with Crippen LogP contribution in [0, 0.1) is 0 Å². The van der Waals surface area contributed by atoms with Crippen LogP contribution < -0.4 is 19.6 Å². The van der Waals surface area contributed by atoms with Gasteiger partial charge in [0.05, 0.1) is 27.0 Å². The molecule has 0 fully saturated rings. The number of hydrogen-bond donors (Lipinski definition) is 1. The number of carbonyl (C=O) groups is 2. The summed E-state index contributed by atoms with van der Waals surface area (Å²) in [5.41, 5.74) is 1.84. The maximum absolute atomic E-state index is 12.8. The van der Waals surface area contributed by atoms with Crippen LogP contribution in [0.4, 0.5) is 0 Å². The van der Waals surface area contributed by atoms with Crippen molar-refractivity contribution in [2.24, 2.45) is 4.99 Å². The molecule has 2 amide bonds. The summed E-state index contributed by atoms with van der Waals surface area (Å²) >= 11 is 1.36. The number of hydrogen-bond acceptors (Lipinski definition) is 6. The van der Waals surface area contributed by atoms with Gasteiger partial charge in [-0.05, 0) is 48.0 Å². The second kappa shape index (κ2) is 10.7. The number of nitrogens with one attached hydrogen (secondary N) is 1. The normalized spacial score (nSPS) is 11.3. The predicted octanol–water partition coefficient (Wildman–Crippen LogP) is 3.88. The van der Waals surface area contributed by atoms with Gasteiger partial charge < -0.3 is 23.8 Å². The molecule has 0 saturated carbocycles. The van der Waals surface area contributed by atoms with E-state index in [-0.39, 0.29) is 11.8 Å². The number of benzene rings is 2. The molecule has 0 aliphatic carbocycles. The first-order valence-electron chi connectivity index (χ1n) is 10.4. The lowest BCUT2D eigenvalue weighted by Gasteiger charge is -2.08. The van der Waals surface area contributed by atoms with Gasteiger partial charge in [0, 0.05) is 29.2 Å². The molecule has 8 nitrogen and oxygen atoms in total.